The maximum Gasteiger partial charge on any atom is 0.254 e. The summed E-state index contributed by atoms with van der Waals surface area (Å²) in [5, 5.41) is 0. The molecule has 0 saturated carbocycles. The van der Waals surface area contributed by atoms with Crippen molar-refractivity contribution in [1.82, 2.24) is 4.90 Å². The van der Waals surface area contributed by atoms with E-state index in [4.69, 9.17) is 14.2 Å². The first-order chi connectivity index (χ1) is 13.0. The summed E-state index contributed by atoms with van der Waals surface area (Å²) in [6.45, 7) is 8.75. The van der Waals surface area contributed by atoms with Crippen LogP contribution in [0.5, 0.6) is 0 Å². The molecule has 3 saturated heterocycles. The van der Waals surface area contributed by atoms with Gasteiger partial charge in [0.05, 0.1) is 19.2 Å². The number of amides is 1. The Morgan fingerprint density at radius 2 is 1.93 bits per heavy atom. The highest BCUT2D eigenvalue weighted by atomic mass is 16.5. The average Bonchev–Trinajstić information content (AvgIpc) is 2.67. The summed E-state index contributed by atoms with van der Waals surface area (Å²) in [5.74, 6) is 0.736. The monoisotopic (exact) mass is 373 g/mol. The van der Waals surface area contributed by atoms with E-state index in [1.165, 1.54) is 5.56 Å². The van der Waals surface area contributed by atoms with Gasteiger partial charge in [-0.2, -0.15) is 0 Å². The molecular formula is C22H31NO4. The van der Waals surface area contributed by atoms with Crippen molar-refractivity contribution in [3.8, 4) is 0 Å². The molecule has 1 aromatic rings. The molecule has 1 spiro atoms. The molecule has 5 heteroatoms. The molecule has 0 radical (unpaired) electrons. The zero-order valence-corrected chi connectivity index (χ0v) is 16.5. The van der Waals surface area contributed by atoms with E-state index in [2.05, 4.69) is 6.92 Å². The van der Waals surface area contributed by atoms with Gasteiger partial charge in [-0.1, -0.05) is 6.07 Å². The number of ether oxygens (including phenoxy) is 3. The highest BCUT2D eigenvalue weighted by molar-refractivity contribution is 5.95. The number of benzene rings is 1. The number of hydrogen-bond donors (Lipinski definition) is 0. The van der Waals surface area contributed by atoms with Gasteiger partial charge < -0.3 is 19.1 Å². The lowest BCUT2D eigenvalue weighted by Crippen LogP contribution is -2.67. The topological polar surface area (TPSA) is 48.0 Å². The molecule has 3 aliphatic rings. The Labute approximate surface area is 162 Å². The molecular weight excluding hydrogens is 342 g/mol. The number of carbonyl (C=O) groups is 1. The first kappa shape index (κ1) is 18.9. The molecule has 1 aromatic carbocycles. The smallest absolute Gasteiger partial charge is 0.254 e. The number of carbonyl (C=O) groups excluding carboxylic acids is 1. The molecule has 0 N–H and O–H groups in total. The van der Waals surface area contributed by atoms with Crippen LogP contribution in [0, 0.1) is 19.8 Å². The molecule has 27 heavy (non-hydrogen) atoms. The van der Waals surface area contributed by atoms with Gasteiger partial charge in [0.2, 0.25) is 0 Å². The summed E-state index contributed by atoms with van der Waals surface area (Å²) in [6, 6.07) is 5.94. The van der Waals surface area contributed by atoms with Crippen LogP contribution in [-0.4, -0.2) is 62.0 Å². The average molecular weight is 373 g/mol. The molecule has 3 fully saturated rings. The normalized spacial score (nSPS) is 25.4. The lowest BCUT2D eigenvalue weighted by Gasteiger charge is -2.53. The number of nitrogens with zero attached hydrogens (tertiary/aromatic N) is 1. The summed E-state index contributed by atoms with van der Waals surface area (Å²) >= 11 is 0. The van der Waals surface area contributed by atoms with E-state index in [1.807, 2.05) is 30.0 Å². The van der Waals surface area contributed by atoms with Gasteiger partial charge in [-0.25, -0.2) is 0 Å². The summed E-state index contributed by atoms with van der Waals surface area (Å²) < 4.78 is 17.7. The van der Waals surface area contributed by atoms with Crippen LogP contribution in [-0.2, 0) is 14.2 Å². The first-order valence-corrected chi connectivity index (χ1v) is 10.2. The second kappa shape index (κ2) is 7.90. The van der Waals surface area contributed by atoms with Crippen molar-refractivity contribution in [2.75, 3.05) is 39.5 Å². The van der Waals surface area contributed by atoms with Crippen molar-refractivity contribution in [3.63, 3.8) is 0 Å². The van der Waals surface area contributed by atoms with E-state index in [1.54, 1.807) is 0 Å². The van der Waals surface area contributed by atoms with Crippen LogP contribution in [0.25, 0.3) is 0 Å². The molecule has 148 valence electrons. The van der Waals surface area contributed by atoms with E-state index >= 15 is 0 Å². The molecule has 5 nitrogen and oxygen atoms in total. The Kier molecular flexibility index (Phi) is 5.53. The second-order valence-electron chi connectivity index (χ2n) is 8.50. The number of rotatable bonds is 4. The quantitative estimate of drug-likeness (QED) is 0.814. The van der Waals surface area contributed by atoms with E-state index in [0.29, 0.717) is 19.0 Å². The third-order valence-corrected chi connectivity index (χ3v) is 6.36. The third-order valence-electron chi connectivity index (χ3n) is 6.36. The Morgan fingerprint density at radius 3 is 2.67 bits per heavy atom. The van der Waals surface area contributed by atoms with Crippen LogP contribution in [0.2, 0.25) is 0 Å². The molecule has 0 bridgehead atoms. The zero-order chi connectivity index (χ0) is 18.9. The number of hydrogen-bond acceptors (Lipinski definition) is 4. The summed E-state index contributed by atoms with van der Waals surface area (Å²) in [4.78, 5) is 14.7. The fraction of sp³-hybridized carbons (Fsp3) is 0.682. The predicted molar refractivity (Wildman–Crippen MR) is 103 cm³/mol. The minimum Gasteiger partial charge on any atom is -0.381 e. The van der Waals surface area contributed by atoms with Gasteiger partial charge in [0.1, 0.15) is 5.60 Å². The second-order valence-corrected chi connectivity index (χ2v) is 8.50. The Hall–Kier alpha value is -1.43. The zero-order valence-electron chi connectivity index (χ0n) is 16.5. The lowest BCUT2D eigenvalue weighted by molar-refractivity contribution is -0.188. The molecule has 0 aromatic heterocycles. The summed E-state index contributed by atoms with van der Waals surface area (Å²) in [5.41, 5.74) is 2.95. The molecule has 0 unspecified atom stereocenters. The van der Waals surface area contributed by atoms with Crippen LogP contribution in [0.1, 0.15) is 47.2 Å². The van der Waals surface area contributed by atoms with Crippen LogP contribution in [0.3, 0.4) is 0 Å². The van der Waals surface area contributed by atoms with Crippen LogP contribution < -0.4 is 0 Å². The molecule has 1 amide bonds. The maximum absolute atomic E-state index is 12.8. The van der Waals surface area contributed by atoms with Crippen molar-refractivity contribution in [1.29, 1.82) is 0 Å². The first-order valence-electron chi connectivity index (χ1n) is 10.2. The van der Waals surface area contributed by atoms with E-state index in [9.17, 15) is 4.79 Å². The van der Waals surface area contributed by atoms with Crippen molar-refractivity contribution in [2.24, 2.45) is 5.92 Å². The third kappa shape index (κ3) is 4.20. The summed E-state index contributed by atoms with van der Waals surface area (Å²) in [6.07, 6.45) is 4.31. The maximum atomic E-state index is 12.8. The minimum atomic E-state index is -0.200. The van der Waals surface area contributed by atoms with Gasteiger partial charge in [-0.3, -0.25) is 4.79 Å². The highest BCUT2D eigenvalue weighted by Gasteiger charge is 2.49. The van der Waals surface area contributed by atoms with Crippen LogP contribution in [0.4, 0.5) is 0 Å². The minimum absolute atomic E-state index is 0.109. The van der Waals surface area contributed by atoms with Gasteiger partial charge >= 0.3 is 0 Å². The van der Waals surface area contributed by atoms with Gasteiger partial charge in [0.15, 0.2) is 0 Å². The molecule has 3 aliphatic heterocycles. The molecule has 0 aliphatic carbocycles. The Bertz CT molecular complexity index is 677. The van der Waals surface area contributed by atoms with Crippen molar-refractivity contribution in [3.05, 3.63) is 34.9 Å². The van der Waals surface area contributed by atoms with E-state index in [0.717, 1.165) is 63.2 Å². The predicted octanol–water partition coefficient (Wildman–Crippen LogP) is 3.12. The SMILES string of the molecule is Cc1ccc(C(=O)N2CC3(C[C@@H](OCC4CCOCC4)CCO3)C2)cc1C. The number of aryl methyl sites for hydroxylation is 2. The summed E-state index contributed by atoms with van der Waals surface area (Å²) in [7, 11) is 0. The van der Waals surface area contributed by atoms with Crippen molar-refractivity contribution < 1.29 is 19.0 Å². The van der Waals surface area contributed by atoms with Crippen LogP contribution >= 0.6 is 0 Å². The number of likely N-dealkylation sites (tertiary alicyclic amines) is 1. The van der Waals surface area contributed by atoms with Gasteiger partial charge in [0.25, 0.3) is 5.91 Å². The standard InChI is InChI=1S/C22H31NO4/c1-16-3-4-19(11-17(16)2)21(24)23-14-22(15-23)12-20(7-10-27-22)26-13-18-5-8-25-9-6-18/h3-4,11,18,20H,5-10,12-15H2,1-2H3/t20-/m0/s1. The largest absolute Gasteiger partial charge is 0.381 e. The van der Waals surface area contributed by atoms with Gasteiger partial charge in [0, 0.05) is 38.4 Å². The van der Waals surface area contributed by atoms with E-state index < -0.39 is 0 Å². The lowest BCUT2D eigenvalue weighted by atomic mass is 9.84. The van der Waals surface area contributed by atoms with Crippen molar-refractivity contribution in [2.45, 2.75) is 51.2 Å². The van der Waals surface area contributed by atoms with Crippen LogP contribution in [0.15, 0.2) is 18.2 Å². The van der Waals surface area contributed by atoms with E-state index in [-0.39, 0.29) is 17.6 Å². The Balaban J connectivity index is 1.28. The Morgan fingerprint density at radius 1 is 1.15 bits per heavy atom. The molecule has 3 heterocycles. The fourth-order valence-electron chi connectivity index (χ4n) is 4.38. The molecule has 1 atom stereocenters. The fourth-order valence-corrected chi connectivity index (χ4v) is 4.38. The van der Waals surface area contributed by atoms with Gasteiger partial charge in [-0.05, 0) is 62.3 Å². The molecule has 4 rings (SSSR count). The van der Waals surface area contributed by atoms with Gasteiger partial charge in [-0.15, -0.1) is 0 Å². The van der Waals surface area contributed by atoms with Crippen molar-refractivity contribution >= 4 is 5.91 Å². The highest BCUT2D eigenvalue weighted by Crippen LogP contribution is 2.36.